The van der Waals surface area contributed by atoms with Gasteiger partial charge in [-0.3, -0.25) is 4.79 Å². The second kappa shape index (κ2) is 6.92. The molecule has 1 heterocycles. The predicted molar refractivity (Wildman–Crippen MR) is 79.1 cm³/mol. The minimum absolute atomic E-state index is 0.0237. The van der Waals surface area contributed by atoms with Crippen molar-refractivity contribution in [2.45, 2.75) is 33.7 Å². The van der Waals surface area contributed by atoms with Gasteiger partial charge in [0.15, 0.2) is 6.61 Å². The van der Waals surface area contributed by atoms with E-state index in [0.29, 0.717) is 11.6 Å². The molecule has 1 aromatic heterocycles. The summed E-state index contributed by atoms with van der Waals surface area (Å²) in [5.74, 6) is 1.75. The van der Waals surface area contributed by atoms with Crippen LogP contribution in [0.3, 0.4) is 0 Å². The van der Waals surface area contributed by atoms with E-state index in [-0.39, 0.29) is 19.1 Å². The van der Waals surface area contributed by atoms with Crippen molar-refractivity contribution in [3.8, 4) is 5.75 Å². The van der Waals surface area contributed by atoms with E-state index in [2.05, 4.69) is 17.2 Å². The molecule has 0 radical (unpaired) electrons. The molecule has 0 saturated carbocycles. The fourth-order valence-electron chi connectivity index (χ4n) is 1.81. The van der Waals surface area contributed by atoms with Gasteiger partial charge >= 0.3 is 0 Å². The number of nitrogens with one attached hydrogen (secondary N) is 1. The van der Waals surface area contributed by atoms with Crippen LogP contribution in [0.15, 0.2) is 28.7 Å². The first-order valence-corrected chi connectivity index (χ1v) is 7.00. The molecule has 0 bridgehead atoms. The highest BCUT2D eigenvalue weighted by Gasteiger charge is 2.08. The van der Waals surface area contributed by atoms with Crippen LogP contribution in [0, 0.1) is 13.8 Å². The molecule has 1 N–H and O–H groups in total. The van der Waals surface area contributed by atoms with E-state index in [9.17, 15) is 4.79 Å². The van der Waals surface area contributed by atoms with Crippen LogP contribution < -0.4 is 10.1 Å². The zero-order chi connectivity index (χ0) is 15.2. The zero-order valence-electron chi connectivity index (χ0n) is 12.6. The van der Waals surface area contributed by atoms with Gasteiger partial charge in [-0.25, -0.2) is 4.98 Å². The van der Waals surface area contributed by atoms with E-state index >= 15 is 0 Å². The minimum atomic E-state index is -0.205. The second-order valence-corrected chi connectivity index (χ2v) is 4.81. The lowest BCUT2D eigenvalue weighted by atomic mass is 10.2. The number of oxazole rings is 1. The van der Waals surface area contributed by atoms with Gasteiger partial charge in [-0.05, 0) is 38.0 Å². The number of carbonyl (C=O) groups is 1. The molecule has 2 aromatic rings. The van der Waals surface area contributed by atoms with Gasteiger partial charge in [-0.15, -0.1) is 0 Å². The average Bonchev–Trinajstić information content (AvgIpc) is 2.82. The fourth-order valence-corrected chi connectivity index (χ4v) is 1.81. The number of rotatable bonds is 6. The van der Waals surface area contributed by atoms with Crippen molar-refractivity contribution in [2.24, 2.45) is 0 Å². The zero-order valence-corrected chi connectivity index (χ0v) is 12.6. The maximum Gasteiger partial charge on any atom is 0.258 e. The number of aromatic nitrogens is 1. The highest BCUT2D eigenvalue weighted by molar-refractivity contribution is 5.77. The van der Waals surface area contributed by atoms with Crippen LogP contribution in [0.5, 0.6) is 5.75 Å². The third-order valence-corrected chi connectivity index (χ3v) is 3.21. The summed E-state index contributed by atoms with van der Waals surface area (Å²) in [5.41, 5.74) is 2.08. The molecular formula is C16H20N2O3. The summed E-state index contributed by atoms with van der Waals surface area (Å²) in [6.07, 6.45) is 0.982. The largest absolute Gasteiger partial charge is 0.484 e. The van der Waals surface area contributed by atoms with E-state index in [1.54, 1.807) is 0 Å². The Morgan fingerprint density at radius 1 is 1.29 bits per heavy atom. The molecule has 0 spiro atoms. The summed E-state index contributed by atoms with van der Waals surface area (Å²) < 4.78 is 10.8. The Labute approximate surface area is 124 Å². The van der Waals surface area contributed by atoms with Crippen LogP contribution in [-0.2, 0) is 17.8 Å². The number of amides is 1. The van der Waals surface area contributed by atoms with Crippen molar-refractivity contribution >= 4 is 5.91 Å². The standard InChI is InChI=1S/C16H20N2O3/c1-4-13-5-7-14(8-6-13)20-10-15(19)17-9-16-18-11(2)12(3)21-16/h5-8H,4,9-10H2,1-3H3,(H,17,19). The molecule has 0 fully saturated rings. The number of hydrogen-bond acceptors (Lipinski definition) is 4. The van der Waals surface area contributed by atoms with Crippen molar-refractivity contribution in [1.82, 2.24) is 10.3 Å². The molecule has 0 unspecified atom stereocenters. The third-order valence-electron chi connectivity index (χ3n) is 3.21. The fraction of sp³-hybridized carbons (Fsp3) is 0.375. The lowest BCUT2D eigenvalue weighted by Gasteiger charge is -2.06. The van der Waals surface area contributed by atoms with Gasteiger partial charge in [0.05, 0.1) is 12.2 Å². The van der Waals surface area contributed by atoms with Gasteiger partial charge in [0, 0.05) is 0 Å². The second-order valence-electron chi connectivity index (χ2n) is 4.81. The van der Waals surface area contributed by atoms with Gasteiger partial charge < -0.3 is 14.5 Å². The van der Waals surface area contributed by atoms with E-state index in [0.717, 1.165) is 17.9 Å². The van der Waals surface area contributed by atoms with Gasteiger partial charge in [0.1, 0.15) is 11.5 Å². The highest BCUT2D eigenvalue weighted by Crippen LogP contribution is 2.12. The Morgan fingerprint density at radius 3 is 2.57 bits per heavy atom. The maximum absolute atomic E-state index is 11.7. The Hall–Kier alpha value is -2.30. The van der Waals surface area contributed by atoms with Crippen LogP contribution in [-0.4, -0.2) is 17.5 Å². The Bertz CT molecular complexity index is 583. The summed E-state index contributed by atoms with van der Waals surface area (Å²) in [6.45, 7) is 6.05. The molecule has 2 rings (SSSR count). The molecule has 0 saturated heterocycles. The van der Waals surface area contributed by atoms with Crippen molar-refractivity contribution < 1.29 is 13.9 Å². The normalized spacial score (nSPS) is 10.4. The topological polar surface area (TPSA) is 64.4 Å². The Morgan fingerprint density at radius 2 is 2.00 bits per heavy atom. The maximum atomic E-state index is 11.7. The number of nitrogens with zero attached hydrogens (tertiary/aromatic N) is 1. The smallest absolute Gasteiger partial charge is 0.258 e. The van der Waals surface area contributed by atoms with Crippen molar-refractivity contribution in [1.29, 1.82) is 0 Å². The SMILES string of the molecule is CCc1ccc(OCC(=O)NCc2nc(C)c(C)o2)cc1. The summed E-state index contributed by atoms with van der Waals surface area (Å²) >= 11 is 0. The lowest BCUT2D eigenvalue weighted by Crippen LogP contribution is -2.28. The molecule has 1 amide bonds. The molecule has 0 aliphatic rings. The molecule has 21 heavy (non-hydrogen) atoms. The average molecular weight is 288 g/mol. The van der Waals surface area contributed by atoms with Crippen LogP contribution in [0.25, 0.3) is 0 Å². The van der Waals surface area contributed by atoms with Crippen molar-refractivity contribution in [3.63, 3.8) is 0 Å². The van der Waals surface area contributed by atoms with Crippen LogP contribution in [0.4, 0.5) is 0 Å². The highest BCUT2D eigenvalue weighted by atomic mass is 16.5. The van der Waals surface area contributed by atoms with Gasteiger partial charge in [0.25, 0.3) is 5.91 Å². The molecule has 112 valence electrons. The number of aryl methyl sites for hydroxylation is 3. The Balaban J connectivity index is 1.76. The monoisotopic (exact) mass is 288 g/mol. The summed E-state index contributed by atoms with van der Waals surface area (Å²) in [7, 11) is 0. The minimum Gasteiger partial charge on any atom is -0.484 e. The van der Waals surface area contributed by atoms with Crippen molar-refractivity contribution in [2.75, 3.05) is 6.61 Å². The van der Waals surface area contributed by atoms with Crippen LogP contribution >= 0.6 is 0 Å². The number of carbonyl (C=O) groups excluding carboxylic acids is 1. The third kappa shape index (κ3) is 4.34. The van der Waals surface area contributed by atoms with Crippen molar-refractivity contribution in [3.05, 3.63) is 47.2 Å². The predicted octanol–water partition coefficient (Wildman–Crippen LogP) is 2.55. The molecular weight excluding hydrogens is 268 g/mol. The van der Waals surface area contributed by atoms with Gasteiger partial charge in [0.2, 0.25) is 5.89 Å². The molecule has 5 nitrogen and oxygen atoms in total. The Kier molecular flexibility index (Phi) is 4.98. The molecule has 0 aliphatic carbocycles. The first-order valence-electron chi connectivity index (χ1n) is 7.00. The van der Waals surface area contributed by atoms with E-state index in [4.69, 9.17) is 9.15 Å². The number of hydrogen-bond donors (Lipinski definition) is 1. The van der Waals surface area contributed by atoms with E-state index in [1.165, 1.54) is 5.56 Å². The van der Waals surface area contributed by atoms with Gasteiger partial charge in [-0.1, -0.05) is 19.1 Å². The van der Waals surface area contributed by atoms with Crippen LogP contribution in [0.2, 0.25) is 0 Å². The molecule has 1 aromatic carbocycles. The number of benzene rings is 1. The van der Waals surface area contributed by atoms with Crippen LogP contribution in [0.1, 0.15) is 29.8 Å². The summed E-state index contributed by atoms with van der Waals surface area (Å²) in [6, 6.07) is 7.72. The molecule has 5 heteroatoms. The first kappa shape index (κ1) is 15.1. The number of ether oxygens (including phenoxy) is 1. The molecule has 0 aliphatic heterocycles. The van der Waals surface area contributed by atoms with E-state index < -0.39 is 0 Å². The molecule has 0 atom stereocenters. The quantitative estimate of drug-likeness (QED) is 0.887. The summed E-state index contributed by atoms with van der Waals surface area (Å²) in [5, 5.41) is 2.71. The summed E-state index contributed by atoms with van der Waals surface area (Å²) in [4.78, 5) is 15.9. The first-order chi connectivity index (χ1) is 10.1. The van der Waals surface area contributed by atoms with E-state index in [1.807, 2.05) is 38.1 Å². The lowest BCUT2D eigenvalue weighted by molar-refractivity contribution is -0.123. The van der Waals surface area contributed by atoms with Gasteiger partial charge in [-0.2, -0.15) is 0 Å².